The molecule has 96 valence electrons. The van der Waals surface area contributed by atoms with Gasteiger partial charge in [0.15, 0.2) is 0 Å². The Kier molecular flexibility index (Phi) is 17.3. The van der Waals surface area contributed by atoms with Crippen LogP contribution in [0.5, 0.6) is 0 Å². The van der Waals surface area contributed by atoms with Crippen LogP contribution < -0.4 is 14.4 Å². The minimum absolute atomic E-state index is 0. The smallest absolute Gasteiger partial charge is 0.859 e. The molecule has 0 saturated heterocycles. The third-order valence-corrected chi connectivity index (χ3v) is 0. The Labute approximate surface area is 130 Å². The molecule has 0 aromatic heterocycles. The Morgan fingerprint density at radius 1 is 0.438 bits per heavy atom. The Morgan fingerprint density at radius 3 is 0.438 bits per heavy atom. The van der Waals surface area contributed by atoms with Crippen molar-refractivity contribution in [2.24, 2.45) is 0 Å². The fourth-order valence-electron chi connectivity index (χ4n) is 0. The van der Waals surface area contributed by atoms with E-state index in [1.54, 1.807) is 58.9 Å². The van der Waals surface area contributed by atoms with Crippen LogP contribution in [0.3, 0.4) is 0 Å². The van der Waals surface area contributed by atoms with E-state index in [1.807, 2.05) is 0 Å². The van der Waals surface area contributed by atoms with Crippen LogP contribution in [0.2, 0.25) is 58.9 Å². The standard InChI is InChI=1S/3C3H9OSi.Y/c3*1-5(2,3)4;/h3*1-3H3;/q3*-1;+3. The summed E-state index contributed by atoms with van der Waals surface area (Å²) < 4.78 is 0. The molecule has 0 amide bonds. The van der Waals surface area contributed by atoms with Gasteiger partial charge in [0.05, 0.1) is 0 Å². The topological polar surface area (TPSA) is 69.2 Å². The van der Waals surface area contributed by atoms with Gasteiger partial charge in [-0.15, -0.1) is 0 Å². The van der Waals surface area contributed by atoms with Gasteiger partial charge in [-0.2, -0.15) is 0 Å². The van der Waals surface area contributed by atoms with E-state index >= 15 is 0 Å². The Balaban J connectivity index is -0.0000000655. The molecule has 0 atom stereocenters. The minimum Gasteiger partial charge on any atom is -0.859 e. The van der Waals surface area contributed by atoms with Gasteiger partial charge in [0.1, 0.15) is 0 Å². The maximum absolute atomic E-state index is 10.2. The monoisotopic (exact) mass is 356 g/mol. The summed E-state index contributed by atoms with van der Waals surface area (Å²) in [5.41, 5.74) is 0. The Hall–Kier alpha value is 1.63. The van der Waals surface area contributed by atoms with Crippen molar-refractivity contribution in [3.05, 3.63) is 0 Å². The van der Waals surface area contributed by atoms with E-state index in [0.717, 1.165) is 0 Å². The van der Waals surface area contributed by atoms with E-state index < -0.39 is 25.0 Å². The van der Waals surface area contributed by atoms with Crippen LogP contribution in [0.15, 0.2) is 0 Å². The van der Waals surface area contributed by atoms with E-state index in [9.17, 15) is 14.4 Å². The van der Waals surface area contributed by atoms with Crippen LogP contribution >= 0.6 is 0 Å². The van der Waals surface area contributed by atoms with Crippen LogP contribution in [-0.4, -0.2) is 25.0 Å². The molecule has 0 spiro atoms. The van der Waals surface area contributed by atoms with E-state index in [0.29, 0.717) is 0 Å². The van der Waals surface area contributed by atoms with Crippen LogP contribution in [0.25, 0.3) is 0 Å². The van der Waals surface area contributed by atoms with Gasteiger partial charge < -0.3 is 14.4 Å². The van der Waals surface area contributed by atoms with Crippen LogP contribution in [-0.2, 0) is 32.7 Å². The molecule has 0 aromatic rings. The summed E-state index contributed by atoms with van der Waals surface area (Å²) in [6.45, 7) is 15.9. The van der Waals surface area contributed by atoms with E-state index in [2.05, 4.69) is 0 Å². The second-order valence-corrected chi connectivity index (χ2v) is 19.0. The van der Waals surface area contributed by atoms with Gasteiger partial charge >= 0.3 is 32.7 Å². The molecule has 0 aliphatic carbocycles. The predicted octanol–water partition coefficient (Wildman–Crippen LogP) is 0.542. The molecular weight excluding hydrogens is 329 g/mol. The second kappa shape index (κ2) is 10.5. The van der Waals surface area contributed by atoms with Crippen molar-refractivity contribution in [1.29, 1.82) is 0 Å². The first-order valence-electron chi connectivity index (χ1n) is 5.11. The van der Waals surface area contributed by atoms with Gasteiger partial charge in [-0.1, -0.05) is 83.9 Å². The van der Waals surface area contributed by atoms with E-state index in [-0.39, 0.29) is 32.7 Å². The Bertz CT molecular complexity index is 101. The van der Waals surface area contributed by atoms with Gasteiger partial charge in [-0.25, -0.2) is 0 Å². The van der Waals surface area contributed by atoms with E-state index in [4.69, 9.17) is 0 Å². The molecule has 0 heterocycles. The van der Waals surface area contributed by atoms with Crippen molar-refractivity contribution >= 4 is 25.0 Å². The molecule has 0 aliphatic heterocycles. The number of hydrogen-bond donors (Lipinski definition) is 0. The fourth-order valence-corrected chi connectivity index (χ4v) is 0. The first-order valence-corrected chi connectivity index (χ1v) is 15.3. The summed E-state index contributed by atoms with van der Waals surface area (Å²) in [6, 6.07) is 0. The fraction of sp³-hybridized carbons (Fsp3) is 1.00. The van der Waals surface area contributed by atoms with Gasteiger partial charge in [0, 0.05) is 0 Å². The van der Waals surface area contributed by atoms with Crippen molar-refractivity contribution < 1.29 is 47.1 Å². The molecule has 0 radical (unpaired) electrons. The van der Waals surface area contributed by atoms with Crippen molar-refractivity contribution in [3.63, 3.8) is 0 Å². The molecule has 0 bridgehead atoms. The molecule has 0 N–H and O–H groups in total. The summed E-state index contributed by atoms with van der Waals surface area (Å²) in [5, 5.41) is 0. The third kappa shape index (κ3) is 1250. The van der Waals surface area contributed by atoms with Crippen LogP contribution in [0.4, 0.5) is 0 Å². The summed E-state index contributed by atoms with van der Waals surface area (Å²) in [4.78, 5) is 30.7. The maximum atomic E-state index is 10.2. The first kappa shape index (κ1) is 26.2. The number of hydrogen-bond acceptors (Lipinski definition) is 3. The predicted molar refractivity (Wildman–Crippen MR) is 70.0 cm³/mol. The quantitative estimate of drug-likeness (QED) is 0.595. The third-order valence-electron chi connectivity index (χ3n) is 0. The van der Waals surface area contributed by atoms with Crippen LogP contribution in [0, 0.1) is 0 Å². The van der Waals surface area contributed by atoms with E-state index in [1.165, 1.54) is 0 Å². The molecule has 0 rings (SSSR count). The molecule has 7 heteroatoms. The minimum atomic E-state index is -1.86. The molecule has 0 saturated carbocycles. The maximum Gasteiger partial charge on any atom is 3.00 e. The second-order valence-electron chi connectivity index (χ2n) is 6.34. The van der Waals surface area contributed by atoms with Gasteiger partial charge in [-0.05, 0) is 0 Å². The first-order chi connectivity index (χ1) is 6.00. The zero-order chi connectivity index (χ0) is 13.5. The molecule has 0 fully saturated rings. The summed E-state index contributed by atoms with van der Waals surface area (Å²) >= 11 is 0. The Morgan fingerprint density at radius 2 is 0.438 bits per heavy atom. The SMILES string of the molecule is C[Si](C)(C)[O-].C[Si](C)(C)[O-].C[Si](C)(C)[O-].[Y+3]. The summed E-state index contributed by atoms with van der Waals surface area (Å²) in [6.07, 6.45) is 0. The van der Waals surface area contributed by atoms with Crippen molar-refractivity contribution in [3.8, 4) is 0 Å². The molecule has 0 aliphatic rings. The van der Waals surface area contributed by atoms with Crippen molar-refractivity contribution in [2.75, 3.05) is 0 Å². The molecule has 3 nitrogen and oxygen atoms in total. The summed E-state index contributed by atoms with van der Waals surface area (Å²) in [7, 11) is -5.58. The molecular formula is C9H27O3Si3Y. The average molecular weight is 356 g/mol. The zero-order valence-electron chi connectivity index (χ0n) is 12.3. The summed E-state index contributed by atoms with van der Waals surface area (Å²) in [5.74, 6) is 0. The van der Waals surface area contributed by atoms with Crippen molar-refractivity contribution in [1.82, 2.24) is 0 Å². The van der Waals surface area contributed by atoms with Gasteiger partial charge in [-0.3, -0.25) is 0 Å². The zero-order valence-corrected chi connectivity index (χ0v) is 18.1. The van der Waals surface area contributed by atoms with Crippen LogP contribution in [0.1, 0.15) is 0 Å². The normalized spacial score (nSPS) is 11.2. The number of rotatable bonds is 0. The largest absolute Gasteiger partial charge is 3.00 e. The van der Waals surface area contributed by atoms with Crippen molar-refractivity contribution in [2.45, 2.75) is 58.9 Å². The van der Waals surface area contributed by atoms with Gasteiger partial charge in [0.2, 0.25) is 0 Å². The van der Waals surface area contributed by atoms with Gasteiger partial charge in [0.25, 0.3) is 0 Å². The molecule has 0 unspecified atom stereocenters. The molecule has 0 aromatic carbocycles. The average Bonchev–Trinajstić information content (AvgIpc) is 1.41. The molecule has 16 heavy (non-hydrogen) atoms.